The van der Waals surface area contributed by atoms with Crippen LogP contribution in [0.5, 0.6) is 0 Å². The van der Waals surface area contributed by atoms with Gasteiger partial charge in [0.25, 0.3) is 0 Å². The van der Waals surface area contributed by atoms with E-state index < -0.39 is 0 Å². The lowest BCUT2D eigenvalue weighted by Gasteiger charge is -2.26. The number of rotatable bonds is 5. The summed E-state index contributed by atoms with van der Waals surface area (Å²) in [7, 11) is 0. The van der Waals surface area contributed by atoms with E-state index in [1.165, 1.54) is 32.1 Å². The predicted molar refractivity (Wildman–Crippen MR) is 66.9 cm³/mol. The van der Waals surface area contributed by atoms with Gasteiger partial charge in [-0.2, -0.15) is 5.26 Å². The fourth-order valence-corrected chi connectivity index (χ4v) is 3.15. The van der Waals surface area contributed by atoms with E-state index in [9.17, 15) is 5.11 Å². The van der Waals surface area contributed by atoms with Crippen molar-refractivity contribution < 1.29 is 14.6 Å². The Labute approximate surface area is 109 Å². The molecule has 1 heterocycles. The summed E-state index contributed by atoms with van der Waals surface area (Å²) < 4.78 is 11.6. The van der Waals surface area contributed by atoms with Crippen molar-refractivity contribution in [3.05, 3.63) is 0 Å². The lowest BCUT2D eigenvalue weighted by Crippen LogP contribution is -2.28. The SMILES string of the molecule is N#CCCOC1C[C@H](C2CCCCC2)O[C@@H]1CO. The van der Waals surface area contributed by atoms with Crippen LogP contribution >= 0.6 is 0 Å². The van der Waals surface area contributed by atoms with Gasteiger partial charge in [0, 0.05) is 6.42 Å². The highest BCUT2D eigenvalue weighted by Crippen LogP contribution is 2.35. The van der Waals surface area contributed by atoms with E-state index in [0.29, 0.717) is 18.9 Å². The maximum absolute atomic E-state index is 9.34. The van der Waals surface area contributed by atoms with Gasteiger partial charge in [-0.05, 0) is 18.8 Å². The van der Waals surface area contributed by atoms with Gasteiger partial charge in [0.1, 0.15) is 6.10 Å². The topological polar surface area (TPSA) is 62.5 Å². The highest BCUT2D eigenvalue weighted by molar-refractivity contribution is 4.88. The third-order valence-electron chi connectivity index (χ3n) is 4.13. The van der Waals surface area contributed by atoms with Crippen molar-refractivity contribution in [2.75, 3.05) is 13.2 Å². The van der Waals surface area contributed by atoms with Crippen molar-refractivity contribution in [3.8, 4) is 6.07 Å². The van der Waals surface area contributed by atoms with Crippen molar-refractivity contribution in [1.82, 2.24) is 0 Å². The van der Waals surface area contributed by atoms with E-state index in [-0.39, 0.29) is 24.9 Å². The molecule has 2 fully saturated rings. The van der Waals surface area contributed by atoms with E-state index in [0.717, 1.165) is 6.42 Å². The molecule has 0 aromatic rings. The maximum atomic E-state index is 9.34. The van der Waals surface area contributed by atoms with Gasteiger partial charge in [0.05, 0.1) is 37.9 Å². The first-order valence-electron chi connectivity index (χ1n) is 7.10. The van der Waals surface area contributed by atoms with Crippen LogP contribution in [-0.4, -0.2) is 36.6 Å². The van der Waals surface area contributed by atoms with Gasteiger partial charge in [-0.25, -0.2) is 0 Å². The van der Waals surface area contributed by atoms with E-state index in [4.69, 9.17) is 14.7 Å². The highest BCUT2D eigenvalue weighted by atomic mass is 16.6. The molecule has 1 unspecified atom stereocenters. The zero-order valence-corrected chi connectivity index (χ0v) is 10.9. The quantitative estimate of drug-likeness (QED) is 0.761. The first-order chi connectivity index (χ1) is 8.85. The molecule has 1 saturated carbocycles. The van der Waals surface area contributed by atoms with Crippen molar-refractivity contribution in [3.63, 3.8) is 0 Å². The maximum Gasteiger partial charge on any atom is 0.107 e. The number of nitriles is 1. The molecule has 0 spiro atoms. The predicted octanol–water partition coefficient (Wildman–Crippen LogP) is 2.02. The molecule has 0 bridgehead atoms. The zero-order chi connectivity index (χ0) is 12.8. The number of aliphatic hydroxyl groups excluding tert-OH is 1. The first-order valence-corrected chi connectivity index (χ1v) is 7.10. The molecule has 3 atom stereocenters. The highest BCUT2D eigenvalue weighted by Gasteiger charge is 2.39. The Morgan fingerprint density at radius 2 is 2.06 bits per heavy atom. The molecule has 0 radical (unpaired) electrons. The molecule has 2 rings (SSSR count). The molecule has 102 valence electrons. The Bertz CT molecular complexity index is 283. The molecule has 18 heavy (non-hydrogen) atoms. The Morgan fingerprint density at radius 1 is 1.28 bits per heavy atom. The Morgan fingerprint density at radius 3 is 2.72 bits per heavy atom. The summed E-state index contributed by atoms with van der Waals surface area (Å²) in [5.41, 5.74) is 0. The zero-order valence-electron chi connectivity index (χ0n) is 10.9. The fourth-order valence-electron chi connectivity index (χ4n) is 3.15. The summed E-state index contributed by atoms with van der Waals surface area (Å²) in [4.78, 5) is 0. The van der Waals surface area contributed by atoms with Gasteiger partial charge < -0.3 is 14.6 Å². The summed E-state index contributed by atoms with van der Waals surface area (Å²) in [6.45, 7) is 0.457. The third-order valence-corrected chi connectivity index (χ3v) is 4.13. The van der Waals surface area contributed by atoms with Crippen LogP contribution in [0.1, 0.15) is 44.9 Å². The van der Waals surface area contributed by atoms with Crippen molar-refractivity contribution >= 4 is 0 Å². The molecule has 0 amide bonds. The number of nitrogens with zero attached hydrogens (tertiary/aromatic N) is 1. The largest absolute Gasteiger partial charge is 0.394 e. The minimum atomic E-state index is -0.199. The smallest absolute Gasteiger partial charge is 0.107 e. The van der Waals surface area contributed by atoms with Crippen molar-refractivity contribution in [2.45, 2.75) is 63.3 Å². The molecule has 1 aliphatic heterocycles. The van der Waals surface area contributed by atoms with Crippen LogP contribution < -0.4 is 0 Å². The lowest BCUT2D eigenvalue weighted by atomic mass is 9.84. The van der Waals surface area contributed by atoms with E-state index in [2.05, 4.69) is 6.07 Å². The molecule has 1 N–H and O–H groups in total. The van der Waals surface area contributed by atoms with Crippen LogP contribution in [0.25, 0.3) is 0 Å². The van der Waals surface area contributed by atoms with Gasteiger partial charge >= 0.3 is 0 Å². The van der Waals surface area contributed by atoms with Gasteiger partial charge in [0.2, 0.25) is 0 Å². The van der Waals surface area contributed by atoms with Crippen LogP contribution in [0.2, 0.25) is 0 Å². The molecular weight excluding hydrogens is 230 g/mol. The minimum absolute atomic E-state index is 0.0143. The standard InChI is InChI=1S/C14H23NO3/c15-7-4-8-17-13-9-12(18-14(13)10-16)11-5-2-1-3-6-11/h11-14,16H,1-6,8-10H2/t12-,13?,14-/m1/s1. The molecule has 4 heteroatoms. The normalized spacial score (nSPS) is 33.4. The number of ether oxygens (including phenoxy) is 2. The monoisotopic (exact) mass is 253 g/mol. The van der Waals surface area contributed by atoms with Crippen molar-refractivity contribution in [2.24, 2.45) is 5.92 Å². The summed E-state index contributed by atoms with van der Waals surface area (Å²) in [5, 5.41) is 17.8. The van der Waals surface area contributed by atoms with Gasteiger partial charge in [-0.15, -0.1) is 0 Å². The Balaban J connectivity index is 1.82. The fraction of sp³-hybridized carbons (Fsp3) is 0.929. The number of hydrogen-bond donors (Lipinski definition) is 1. The summed E-state index contributed by atoms with van der Waals surface area (Å²) >= 11 is 0. The van der Waals surface area contributed by atoms with Crippen LogP contribution in [0, 0.1) is 17.2 Å². The van der Waals surface area contributed by atoms with Gasteiger partial charge in [0.15, 0.2) is 0 Å². The molecule has 0 aromatic heterocycles. The van der Waals surface area contributed by atoms with Crippen LogP contribution in [-0.2, 0) is 9.47 Å². The second kappa shape index (κ2) is 7.08. The summed E-state index contributed by atoms with van der Waals surface area (Å²) in [6, 6.07) is 2.07. The second-order valence-electron chi connectivity index (χ2n) is 5.35. The van der Waals surface area contributed by atoms with E-state index in [1.54, 1.807) is 0 Å². The average Bonchev–Trinajstić information content (AvgIpc) is 2.83. The second-order valence-corrected chi connectivity index (χ2v) is 5.35. The van der Waals surface area contributed by atoms with Gasteiger partial charge in [-0.3, -0.25) is 0 Å². The summed E-state index contributed by atoms with van der Waals surface area (Å²) in [6.07, 6.45) is 7.73. The van der Waals surface area contributed by atoms with Crippen LogP contribution in [0.3, 0.4) is 0 Å². The average molecular weight is 253 g/mol. The molecule has 4 nitrogen and oxygen atoms in total. The van der Waals surface area contributed by atoms with Gasteiger partial charge in [-0.1, -0.05) is 19.3 Å². The first kappa shape index (κ1) is 13.8. The van der Waals surface area contributed by atoms with Crippen molar-refractivity contribution in [1.29, 1.82) is 5.26 Å². The van der Waals surface area contributed by atoms with Crippen LogP contribution in [0.4, 0.5) is 0 Å². The molecule has 0 aromatic carbocycles. The molecule has 1 saturated heterocycles. The minimum Gasteiger partial charge on any atom is -0.394 e. The lowest BCUT2D eigenvalue weighted by molar-refractivity contribution is -0.0587. The Kier molecular flexibility index (Phi) is 5.43. The van der Waals surface area contributed by atoms with E-state index in [1.807, 2.05) is 0 Å². The third kappa shape index (κ3) is 3.44. The number of aliphatic hydroxyl groups is 1. The molecule has 1 aliphatic carbocycles. The number of hydrogen-bond acceptors (Lipinski definition) is 4. The molecule has 2 aliphatic rings. The van der Waals surface area contributed by atoms with Crippen LogP contribution in [0.15, 0.2) is 0 Å². The van der Waals surface area contributed by atoms with E-state index >= 15 is 0 Å². The summed E-state index contributed by atoms with van der Waals surface area (Å²) in [5.74, 6) is 0.636. The Hall–Kier alpha value is -0.630. The molecular formula is C14H23NO3.